The van der Waals surface area contributed by atoms with Crippen LogP contribution < -0.4 is 0 Å². The molecule has 1 aromatic heterocycles. The van der Waals surface area contributed by atoms with Crippen molar-refractivity contribution in [1.29, 1.82) is 0 Å². The zero-order chi connectivity index (χ0) is 11.8. The van der Waals surface area contributed by atoms with E-state index < -0.39 is 0 Å². The van der Waals surface area contributed by atoms with Gasteiger partial charge in [-0.15, -0.1) is 11.8 Å². The van der Waals surface area contributed by atoms with E-state index in [1.165, 1.54) is 18.4 Å². The number of carbonyl (C=O) groups is 1. The van der Waals surface area contributed by atoms with Gasteiger partial charge in [0.25, 0.3) is 0 Å². The molecule has 2 unspecified atom stereocenters. The Labute approximate surface area is 106 Å². The molecule has 0 radical (unpaired) electrons. The van der Waals surface area contributed by atoms with Crippen LogP contribution in [0.4, 0.5) is 0 Å². The Morgan fingerprint density at radius 2 is 2.24 bits per heavy atom. The van der Waals surface area contributed by atoms with Gasteiger partial charge in [0, 0.05) is 23.2 Å². The van der Waals surface area contributed by atoms with E-state index in [1.807, 2.05) is 12.4 Å². The number of hydrogen-bond donors (Lipinski definition) is 0. The average molecular weight is 247 g/mol. The highest BCUT2D eigenvalue weighted by atomic mass is 32.2. The molecule has 2 atom stereocenters. The molecule has 1 heterocycles. The van der Waals surface area contributed by atoms with Crippen molar-refractivity contribution in [2.75, 3.05) is 5.75 Å². The smallest absolute Gasteiger partial charge is 0.146 e. The Bertz CT molecular complexity index is 442. The molecule has 0 bridgehead atoms. The van der Waals surface area contributed by atoms with Gasteiger partial charge in [0.1, 0.15) is 5.78 Å². The molecule has 2 saturated carbocycles. The van der Waals surface area contributed by atoms with Crippen molar-refractivity contribution in [1.82, 2.24) is 4.98 Å². The highest BCUT2D eigenvalue weighted by molar-refractivity contribution is 8.00. The highest BCUT2D eigenvalue weighted by Gasteiger charge is 2.38. The van der Waals surface area contributed by atoms with E-state index >= 15 is 0 Å². The van der Waals surface area contributed by atoms with Crippen LogP contribution in [-0.2, 0) is 4.79 Å². The number of nitrogens with zero attached hydrogens (tertiary/aromatic N) is 1. The molecule has 3 heteroatoms. The third-order valence-electron chi connectivity index (χ3n) is 3.69. The lowest BCUT2D eigenvalue weighted by Crippen LogP contribution is -2.04. The molecule has 0 N–H and O–H groups in total. The topological polar surface area (TPSA) is 30.0 Å². The van der Waals surface area contributed by atoms with Gasteiger partial charge in [-0.2, -0.15) is 0 Å². The van der Waals surface area contributed by atoms with Crippen molar-refractivity contribution in [2.24, 2.45) is 11.8 Å². The van der Waals surface area contributed by atoms with Gasteiger partial charge in [-0.25, -0.2) is 0 Å². The summed E-state index contributed by atoms with van der Waals surface area (Å²) in [6, 6.07) is 2.21. The van der Waals surface area contributed by atoms with Crippen LogP contribution in [0, 0.1) is 11.8 Å². The number of Topliss-reactive ketones (excluding diaryl/α,β-unsaturated/α-hetero) is 1. The summed E-state index contributed by atoms with van der Waals surface area (Å²) in [5, 5.41) is 0. The first-order valence-electron chi connectivity index (χ1n) is 6.34. The lowest BCUT2D eigenvalue weighted by molar-refractivity contribution is -0.118. The van der Waals surface area contributed by atoms with Crippen molar-refractivity contribution in [3.05, 3.63) is 24.0 Å². The Kier molecular flexibility index (Phi) is 2.95. The Hall–Kier alpha value is -0.830. The summed E-state index contributed by atoms with van der Waals surface area (Å²) in [7, 11) is 0. The first kappa shape index (κ1) is 11.3. The molecule has 0 aliphatic heterocycles. The van der Waals surface area contributed by atoms with Crippen LogP contribution in [0.3, 0.4) is 0 Å². The zero-order valence-electron chi connectivity index (χ0n) is 10.1. The fraction of sp³-hybridized carbons (Fsp3) is 0.571. The Morgan fingerprint density at radius 3 is 2.88 bits per heavy atom. The predicted octanol–water partition coefficient (Wildman–Crippen LogP) is 3.28. The second-order valence-electron chi connectivity index (χ2n) is 5.30. The van der Waals surface area contributed by atoms with E-state index in [0.717, 1.165) is 17.2 Å². The quantitative estimate of drug-likeness (QED) is 0.748. The number of aromatic nitrogens is 1. The van der Waals surface area contributed by atoms with Gasteiger partial charge in [0.05, 0.1) is 5.75 Å². The Balaban J connectivity index is 1.57. The molecule has 0 saturated heterocycles. The number of hydrogen-bond acceptors (Lipinski definition) is 3. The van der Waals surface area contributed by atoms with E-state index in [9.17, 15) is 4.79 Å². The molecule has 2 aliphatic rings. The maximum atomic E-state index is 11.8. The van der Waals surface area contributed by atoms with Crippen LogP contribution in [0.1, 0.15) is 37.7 Å². The molecular formula is C14H17NOS. The van der Waals surface area contributed by atoms with Gasteiger partial charge in [0.15, 0.2) is 0 Å². The summed E-state index contributed by atoms with van der Waals surface area (Å²) in [4.78, 5) is 17.2. The third kappa shape index (κ3) is 2.71. The van der Waals surface area contributed by atoms with E-state index in [0.29, 0.717) is 23.4 Å². The van der Waals surface area contributed by atoms with Crippen LogP contribution in [0.25, 0.3) is 0 Å². The fourth-order valence-electron chi connectivity index (χ4n) is 2.19. The molecule has 0 spiro atoms. The van der Waals surface area contributed by atoms with Gasteiger partial charge < -0.3 is 0 Å². The van der Waals surface area contributed by atoms with Crippen LogP contribution in [0.5, 0.6) is 0 Å². The number of pyridine rings is 1. The van der Waals surface area contributed by atoms with Gasteiger partial charge in [-0.1, -0.05) is 6.92 Å². The van der Waals surface area contributed by atoms with Crippen molar-refractivity contribution >= 4 is 17.5 Å². The van der Waals surface area contributed by atoms with Crippen LogP contribution in [0.2, 0.25) is 0 Å². The minimum Gasteiger partial charge on any atom is -0.298 e. The maximum absolute atomic E-state index is 11.8. The number of rotatable bonds is 5. The summed E-state index contributed by atoms with van der Waals surface area (Å²) in [5.41, 5.74) is 1.35. The van der Waals surface area contributed by atoms with Gasteiger partial charge >= 0.3 is 0 Å². The van der Waals surface area contributed by atoms with Crippen LogP contribution >= 0.6 is 11.8 Å². The van der Waals surface area contributed by atoms with Gasteiger partial charge in [-0.3, -0.25) is 9.78 Å². The molecule has 3 rings (SSSR count). The average Bonchev–Trinajstić information content (AvgIpc) is 3.21. The molecule has 90 valence electrons. The monoisotopic (exact) mass is 247 g/mol. The van der Waals surface area contributed by atoms with E-state index in [-0.39, 0.29) is 0 Å². The fourth-order valence-corrected chi connectivity index (χ4v) is 3.06. The first-order chi connectivity index (χ1) is 8.24. The molecule has 17 heavy (non-hydrogen) atoms. The van der Waals surface area contributed by atoms with Gasteiger partial charge in [-0.05, 0) is 42.7 Å². The Morgan fingerprint density at radius 1 is 1.47 bits per heavy atom. The van der Waals surface area contributed by atoms with Crippen molar-refractivity contribution < 1.29 is 4.79 Å². The van der Waals surface area contributed by atoms with Crippen LogP contribution in [0.15, 0.2) is 23.4 Å². The largest absolute Gasteiger partial charge is 0.298 e. The summed E-state index contributed by atoms with van der Waals surface area (Å²) in [6.07, 6.45) is 7.54. The van der Waals surface area contributed by atoms with Crippen LogP contribution in [-0.4, -0.2) is 16.5 Å². The highest BCUT2D eigenvalue weighted by Crippen LogP contribution is 2.41. The molecule has 2 fully saturated rings. The third-order valence-corrected chi connectivity index (χ3v) is 4.67. The molecular weight excluding hydrogens is 230 g/mol. The molecule has 0 amide bonds. The lowest BCUT2D eigenvalue weighted by atomic mass is 10.2. The standard InChI is InChI=1S/C14H17NOS/c1-9-4-13(9)14(16)8-17-12-5-11(6-15-7-12)10-2-3-10/h5-7,9-10,13H,2-4,8H2,1H3. The molecule has 1 aromatic rings. The summed E-state index contributed by atoms with van der Waals surface area (Å²) in [5.74, 6) is 2.74. The van der Waals surface area contributed by atoms with Crippen molar-refractivity contribution in [2.45, 2.75) is 37.0 Å². The van der Waals surface area contributed by atoms with E-state index in [4.69, 9.17) is 0 Å². The second-order valence-corrected chi connectivity index (χ2v) is 6.35. The number of carbonyl (C=O) groups excluding carboxylic acids is 1. The van der Waals surface area contributed by atoms with Crippen molar-refractivity contribution in [3.8, 4) is 0 Å². The molecule has 2 nitrogen and oxygen atoms in total. The minimum absolute atomic E-state index is 0.349. The zero-order valence-corrected chi connectivity index (χ0v) is 10.9. The predicted molar refractivity (Wildman–Crippen MR) is 69.2 cm³/mol. The minimum atomic E-state index is 0.349. The summed E-state index contributed by atoms with van der Waals surface area (Å²) >= 11 is 1.65. The molecule has 0 aromatic carbocycles. The van der Waals surface area contributed by atoms with E-state index in [2.05, 4.69) is 18.0 Å². The number of thioether (sulfide) groups is 1. The maximum Gasteiger partial charge on any atom is 0.146 e. The van der Waals surface area contributed by atoms with Crippen molar-refractivity contribution in [3.63, 3.8) is 0 Å². The normalized spacial score (nSPS) is 26.9. The van der Waals surface area contributed by atoms with E-state index in [1.54, 1.807) is 11.8 Å². The first-order valence-corrected chi connectivity index (χ1v) is 7.33. The lowest BCUT2D eigenvalue weighted by Gasteiger charge is -2.03. The summed E-state index contributed by atoms with van der Waals surface area (Å²) in [6.45, 7) is 2.16. The second kappa shape index (κ2) is 4.45. The van der Waals surface area contributed by atoms with Gasteiger partial charge in [0.2, 0.25) is 0 Å². The SMILES string of the molecule is CC1CC1C(=O)CSc1cncc(C2CC2)c1. The summed E-state index contributed by atoms with van der Waals surface area (Å²) < 4.78 is 0. The number of ketones is 1. The molecule has 2 aliphatic carbocycles.